The summed E-state index contributed by atoms with van der Waals surface area (Å²) in [4.78, 5) is 2.28. The van der Waals surface area contributed by atoms with Crippen molar-refractivity contribution >= 4 is 11.3 Å². The molecule has 0 aliphatic rings. The quantitative estimate of drug-likeness (QED) is 0.681. The number of anilines is 1. The van der Waals surface area contributed by atoms with Crippen LogP contribution in [0.1, 0.15) is 19.4 Å². The third kappa shape index (κ3) is 4.35. The largest absolute Gasteiger partial charge is 0.370 e. The SMILES string of the molecule is C/C=C(C)\C=C(/CN(C)c1ccccc1)c1ccccc1. The molecule has 0 aromatic heterocycles. The van der Waals surface area contributed by atoms with Crippen molar-refractivity contribution in [2.45, 2.75) is 13.8 Å². The van der Waals surface area contributed by atoms with Crippen LogP contribution in [0.4, 0.5) is 5.69 Å². The molecule has 0 fully saturated rings. The zero-order valence-electron chi connectivity index (χ0n) is 13.1. The third-order valence-corrected chi connectivity index (χ3v) is 3.61. The van der Waals surface area contributed by atoms with E-state index in [0.29, 0.717) is 0 Å². The predicted molar refractivity (Wildman–Crippen MR) is 93.6 cm³/mol. The second kappa shape index (κ2) is 7.49. The summed E-state index contributed by atoms with van der Waals surface area (Å²) >= 11 is 0. The van der Waals surface area contributed by atoms with Crippen molar-refractivity contribution in [2.75, 3.05) is 18.5 Å². The first kappa shape index (κ1) is 15.1. The number of hydrogen-bond donors (Lipinski definition) is 0. The van der Waals surface area contributed by atoms with Crippen molar-refractivity contribution in [1.29, 1.82) is 0 Å². The van der Waals surface area contributed by atoms with E-state index < -0.39 is 0 Å². The highest BCUT2D eigenvalue weighted by molar-refractivity contribution is 5.72. The number of allylic oxidation sites excluding steroid dienone is 3. The molecule has 0 saturated carbocycles. The Kier molecular flexibility index (Phi) is 5.39. The van der Waals surface area contributed by atoms with Gasteiger partial charge in [-0.3, -0.25) is 0 Å². The van der Waals surface area contributed by atoms with E-state index >= 15 is 0 Å². The Labute approximate surface area is 128 Å². The number of nitrogens with zero attached hydrogens (tertiary/aromatic N) is 1. The van der Waals surface area contributed by atoms with Crippen LogP contribution in [0, 0.1) is 0 Å². The number of para-hydroxylation sites is 1. The first-order valence-corrected chi connectivity index (χ1v) is 7.36. The topological polar surface area (TPSA) is 3.24 Å². The fraction of sp³-hybridized carbons (Fsp3) is 0.200. The molecule has 2 aromatic carbocycles. The lowest BCUT2D eigenvalue weighted by Gasteiger charge is -2.21. The molecule has 108 valence electrons. The van der Waals surface area contributed by atoms with Gasteiger partial charge in [0, 0.05) is 19.3 Å². The lowest BCUT2D eigenvalue weighted by molar-refractivity contribution is 1.04. The van der Waals surface area contributed by atoms with Gasteiger partial charge in [-0.1, -0.05) is 66.3 Å². The Morgan fingerprint density at radius 2 is 1.52 bits per heavy atom. The molecule has 0 amide bonds. The molecule has 0 aliphatic carbocycles. The molecule has 0 bridgehead atoms. The Bertz CT molecular complexity index is 609. The highest BCUT2D eigenvalue weighted by atomic mass is 15.1. The summed E-state index contributed by atoms with van der Waals surface area (Å²) in [6.07, 6.45) is 4.42. The maximum atomic E-state index is 2.28. The summed E-state index contributed by atoms with van der Waals surface area (Å²) in [5.41, 5.74) is 5.13. The molecule has 0 aliphatic heterocycles. The first-order valence-electron chi connectivity index (χ1n) is 7.36. The van der Waals surface area contributed by atoms with Gasteiger partial charge >= 0.3 is 0 Å². The maximum Gasteiger partial charge on any atom is 0.0432 e. The first-order chi connectivity index (χ1) is 10.2. The molecule has 2 aromatic rings. The molecule has 0 atom stereocenters. The third-order valence-electron chi connectivity index (χ3n) is 3.61. The average Bonchev–Trinajstić information content (AvgIpc) is 2.55. The van der Waals surface area contributed by atoms with Crippen molar-refractivity contribution in [3.8, 4) is 0 Å². The zero-order valence-corrected chi connectivity index (χ0v) is 13.1. The fourth-order valence-corrected chi connectivity index (χ4v) is 2.26. The van der Waals surface area contributed by atoms with Gasteiger partial charge in [0.25, 0.3) is 0 Å². The minimum atomic E-state index is 0.888. The van der Waals surface area contributed by atoms with Crippen LogP contribution in [0.2, 0.25) is 0 Å². The minimum absolute atomic E-state index is 0.888. The fourth-order valence-electron chi connectivity index (χ4n) is 2.26. The average molecular weight is 277 g/mol. The van der Waals surface area contributed by atoms with Crippen LogP contribution in [0.3, 0.4) is 0 Å². The van der Waals surface area contributed by atoms with E-state index in [1.807, 2.05) is 0 Å². The molecular weight excluding hydrogens is 254 g/mol. The summed E-state index contributed by atoms with van der Waals surface area (Å²) in [5.74, 6) is 0. The van der Waals surface area contributed by atoms with Crippen LogP contribution < -0.4 is 4.90 Å². The molecule has 0 heterocycles. The molecule has 0 radical (unpaired) electrons. The van der Waals surface area contributed by atoms with Crippen molar-refractivity contribution in [3.05, 3.63) is 84.0 Å². The monoisotopic (exact) mass is 277 g/mol. The van der Waals surface area contributed by atoms with E-state index in [2.05, 4.69) is 98.6 Å². The van der Waals surface area contributed by atoms with E-state index in [4.69, 9.17) is 0 Å². The number of likely N-dealkylation sites (N-methyl/N-ethyl adjacent to an activating group) is 1. The van der Waals surface area contributed by atoms with Crippen molar-refractivity contribution in [2.24, 2.45) is 0 Å². The van der Waals surface area contributed by atoms with Gasteiger partial charge in [-0.05, 0) is 37.1 Å². The van der Waals surface area contributed by atoms with Crippen molar-refractivity contribution < 1.29 is 0 Å². The van der Waals surface area contributed by atoms with Crippen LogP contribution >= 0.6 is 0 Å². The molecule has 0 N–H and O–H groups in total. The van der Waals surface area contributed by atoms with E-state index in [0.717, 1.165) is 6.54 Å². The summed E-state index contributed by atoms with van der Waals surface area (Å²) in [6, 6.07) is 21.1. The highest BCUT2D eigenvalue weighted by Gasteiger charge is 2.06. The Balaban J connectivity index is 2.27. The number of rotatable bonds is 5. The summed E-state index contributed by atoms with van der Waals surface area (Å²) < 4.78 is 0. The van der Waals surface area contributed by atoms with Crippen LogP contribution in [0.15, 0.2) is 78.4 Å². The van der Waals surface area contributed by atoms with E-state index in [9.17, 15) is 0 Å². The second-order valence-electron chi connectivity index (χ2n) is 5.26. The van der Waals surface area contributed by atoms with Crippen LogP contribution in [-0.2, 0) is 0 Å². The van der Waals surface area contributed by atoms with Gasteiger partial charge in [0.05, 0.1) is 0 Å². The Morgan fingerprint density at radius 1 is 0.952 bits per heavy atom. The lowest BCUT2D eigenvalue weighted by Crippen LogP contribution is -2.19. The smallest absolute Gasteiger partial charge is 0.0432 e. The molecule has 1 heteroatoms. The second-order valence-corrected chi connectivity index (χ2v) is 5.26. The number of hydrogen-bond acceptors (Lipinski definition) is 1. The number of benzene rings is 2. The maximum absolute atomic E-state index is 2.28. The zero-order chi connectivity index (χ0) is 15.1. The van der Waals surface area contributed by atoms with Gasteiger partial charge < -0.3 is 4.90 Å². The molecule has 0 saturated heterocycles. The summed E-state index contributed by atoms with van der Waals surface area (Å²) in [6.45, 7) is 5.11. The van der Waals surface area contributed by atoms with E-state index in [1.54, 1.807) is 0 Å². The van der Waals surface area contributed by atoms with Crippen LogP contribution in [0.25, 0.3) is 5.57 Å². The molecule has 0 spiro atoms. The Morgan fingerprint density at radius 3 is 2.10 bits per heavy atom. The minimum Gasteiger partial charge on any atom is -0.370 e. The summed E-state index contributed by atoms with van der Waals surface area (Å²) in [5, 5.41) is 0. The molecular formula is C20H23N. The highest BCUT2D eigenvalue weighted by Crippen LogP contribution is 2.21. The standard InChI is InChI=1S/C20H23N/c1-4-17(2)15-19(18-11-7-5-8-12-18)16-21(3)20-13-9-6-10-14-20/h4-15H,16H2,1-3H3/b17-4-,19-15+. The van der Waals surface area contributed by atoms with Crippen LogP contribution in [0.5, 0.6) is 0 Å². The van der Waals surface area contributed by atoms with Gasteiger partial charge in [-0.2, -0.15) is 0 Å². The normalized spacial score (nSPS) is 12.3. The molecule has 2 rings (SSSR count). The van der Waals surface area contributed by atoms with Gasteiger partial charge in [-0.15, -0.1) is 0 Å². The van der Waals surface area contributed by atoms with E-state index in [-0.39, 0.29) is 0 Å². The van der Waals surface area contributed by atoms with E-state index in [1.165, 1.54) is 22.4 Å². The lowest BCUT2D eigenvalue weighted by atomic mass is 10.0. The molecule has 0 unspecified atom stereocenters. The molecule has 1 nitrogen and oxygen atoms in total. The van der Waals surface area contributed by atoms with Crippen LogP contribution in [-0.4, -0.2) is 13.6 Å². The van der Waals surface area contributed by atoms with Gasteiger partial charge in [0.2, 0.25) is 0 Å². The van der Waals surface area contributed by atoms with Crippen molar-refractivity contribution in [3.63, 3.8) is 0 Å². The summed E-state index contributed by atoms with van der Waals surface area (Å²) in [7, 11) is 2.14. The van der Waals surface area contributed by atoms with Crippen molar-refractivity contribution in [1.82, 2.24) is 0 Å². The Hall–Kier alpha value is -2.28. The van der Waals surface area contributed by atoms with Gasteiger partial charge in [0.1, 0.15) is 0 Å². The van der Waals surface area contributed by atoms with Gasteiger partial charge in [-0.25, -0.2) is 0 Å². The predicted octanol–water partition coefficient (Wildman–Crippen LogP) is 5.17. The van der Waals surface area contributed by atoms with Gasteiger partial charge in [0.15, 0.2) is 0 Å². The molecule has 21 heavy (non-hydrogen) atoms.